The largest absolute Gasteiger partial charge is 0.418 e. The lowest BCUT2D eigenvalue weighted by molar-refractivity contribution is -0.392. The Morgan fingerprint density at radius 2 is 1.71 bits per heavy atom. The molecule has 0 unspecified atom stereocenters. The van der Waals surface area contributed by atoms with Gasteiger partial charge in [-0.05, 0) is 6.07 Å². The second kappa shape index (κ2) is 7.70. The number of aromatic nitrogens is 2. The zero-order chi connectivity index (χ0) is 21.4. The number of nitrogens with zero attached hydrogens (tertiary/aromatic N) is 4. The fourth-order valence-electron chi connectivity index (χ4n) is 1.97. The van der Waals surface area contributed by atoms with Crippen molar-refractivity contribution in [3.05, 3.63) is 55.0 Å². The van der Waals surface area contributed by atoms with Crippen LogP contribution >= 0.6 is 46.4 Å². The van der Waals surface area contributed by atoms with Crippen molar-refractivity contribution in [2.75, 3.05) is 5.32 Å². The molecular formula is C12H4Cl4F3N5O4. The summed E-state index contributed by atoms with van der Waals surface area (Å²) in [4.78, 5) is 27.3. The van der Waals surface area contributed by atoms with E-state index in [0.717, 1.165) is 12.3 Å². The van der Waals surface area contributed by atoms with E-state index in [1.54, 1.807) is 0 Å². The molecule has 0 radical (unpaired) electrons. The van der Waals surface area contributed by atoms with Crippen LogP contribution in [0.25, 0.3) is 0 Å². The van der Waals surface area contributed by atoms with Gasteiger partial charge >= 0.3 is 17.6 Å². The van der Waals surface area contributed by atoms with Crippen LogP contribution in [-0.2, 0) is 9.97 Å². The Morgan fingerprint density at radius 3 is 2.18 bits per heavy atom. The van der Waals surface area contributed by atoms with E-state index in [2.05, 4.69) is 15.3 Å². The number of nitrogens with one attached hydrogen (secondary N) is 1. The van der Waals surface area contributed by atoms with E-state index in [9.17, 15) is 33.4 Å². The SMILES string of the molecule is O=[N+]([O-])c1cc(C(F)(F)F)c(Cl)c([N+](=O)[O-])c1Nc1ccnc(C(Cl)(Cl)Cl)n1. The van der Waals surface area contributed by atoms with E-state index >= 15 is 0 Å². The van der Waals surface area contributed by atoms with Crippen LogP contribution in [0.15, 0.2) is 18.3 Å². The third-order valence-corrected chi connectivity index (χ3v) is 3.95. The summed E-state index contributed by atoms with van der Waals surface area (Å²) in [6.45, 7) is 0. The number of nitro benzene ring substituents is 2. The van der Waals surface area contributed by atoms with Crippen LogP contribution in [-0.4, -0.2) is 19.8 Å². The van der Waals surface area contributed by atoms with Crippen molar-refractivity contribution < 1.29 is 23.0 Å². The molecule has 28 heavy (non-hydrogen) atoms. The summed E-state index contributed by atoms with van der Waals surface area (Å²) in [6, 6.07) is 1.15. The zero-order valence-electron chi connectivity index (χ0n) is 12.8. The quantitative estimate of drug-likeness (QED) is 0.346. The third-order valence-electron chi connectivity index (χ3n) is 3.07. The van der Waals surface area contributed by atoms with Crippen molar-refractivity contribution >= 4 is 69.3 Å². The van der Waals surface area contributed by atoms with Gasteiger partial charge in [-0.2, -0.15) is 13.2 Å². The molecule has 2 aromatic rings. The van der Waals surface area contributed by atoms with Gasteiger partial charge in [-0.15, -0.1) is 0 Å². The second-order valence-corrected chi connectivity index (χ2v) is 7.54. The number of anilines is 2. The molecule has 0 aliphatic rings. The molecule has 1 aromatic heterocycles. The van der Waals surface area contributed by atoms with Gasteiger partial charge in [-0.1, -0.05) is 46.4 Å². The van der Waals surface area contributed by atoms with Gasteiger partial charge in [0.15, 0.2) is 11.5 Å². The average Bonchev–Trinajstić information content (AvgIpc) is 2.52. The standard InChI is InChI=1S/C12H4Cl4F3N5O4/c13-7-4(12(17,18)19)3-5(23(25)26)8(9(7)24(27)28)21-6-1-2-20-10(22-6)11(14,15)16/h1-3H,(H,20,21,22). The molecule has 1 aromatic carbocycles. The van der Waals surface area contributed by atoms with Crippen molar-refractivity contribution in [3.63, 3.8) is 0 Å². The lowest BCUT2D eigenvalue weighted by Crippen LogP contribution is -2.12. The molecular weight excluding hydrogens is 477 g/mol. The van der Waals surface area contributed by atoms with E-state index in [1.165, 1.54) is 0 Å². The first kappa shape index (κ1) is 22.1. The summed E-state index contributed by atoms with van der Waals surface area (Å²) in [6.07, 6.45) is -4.13. The van der Waals surface area contributed by atoms with Crippen molar-refractivity contribution in [3.8, 4) is 0 Å². The fourth-order valence-corrected chi connectivity index (χ4v) is 2.57. The topological polar surface area (TPSA) is 124 Å². The van der Waals surface area contributed by atoms with Gasteiger partial charge in [-0.3, -0.25) is 20.2 Å². The molecule has 0 bridgehead atoms. The van der Waals surface area contributed by atoms with Gasteiger partial charge in [0.1, 0.15) is 10.8 Å². The van der Waals surface area contributed by atoms with E-state index in [0.29, 0.717) is 0 Å². The molecule has 0 aliphatic carbocycles. The molecule has 2 rings (SSSR count). The highest BCUT2D eigenvalue weighted by Gasteiger charge is 2.42. The molecule has 16 heteroatoms. The van der Waals surface area contributed by atoms with E-state index in [-0.39, 0.29) is 11.9 Å². The van der Waals surface area contributed by atoms with E-state index < -0.39 is 53.3 Å². The number of halogens is 7. The van der Waals surface area contributed by atoms with E-state index in [4.69, 9.17) is 46.4 Å². The smallest absolute Gasteiger partial charge is 0.329 e. The summed E-state index contributed by atoms with van der Waals surface area (Å²) in [5, 5.41) is 23.4. The zero-order valence-corrected chi connectivity index (χ0v) is 15.8. The Kier molecular flexibility index (Phi) is 6.09. The Labute approximate surface area is 172 Å². The minimum Gasteiger partial charge on any atom is -0.329 e. The number of hydrogen-bond donors (Lipinski definition) is 1. The molecule has 0 aliphatic heterocycles. The van der Waals surface area contributed by atoms with Crippen LogP contribution in [0.1, 0.15) is 11.4 Å². The highest BCUT2D eigenvalue weighted by molar-refractivity contribution is 6.66. The number of rotatable bonds is 4. The summed E-state index contributed by atoms with van der Waals surface area (Å²) >= 11 is 22.3. The molecule has 1 heterocycles. The Bertz CT molecular complexity index is 967. The molecule has 150 valence electrons. The first-order valence-electron chi connectivity index (χ1n) is 6.63. The maximum atomic E-state index is 13.1. The molecule has 0 fully saturated rings. The third kappa shape index (κ3) is 4.63. The lowest BCUT2D eigenvalue weighted by atomic mass is 10.1. The van der Waals surface area contributed by atoms with Gasteiger partial charge in [-0.25, -0.2) is 9.97 Å². The molecule has 0 amide bonds. The number of nitro groups is 2. The minimum absolute atomic E-state index is 0.0642. The molecule has 0 spiro atoms. The molecule has 0 atom stereocenters. The van der Waals surface area contributed by atoms with Gasteiger partial charge < -0.3 is 5.32 Å². The maximum absolute atomic E-state index is 13.1. The molecule has 0 saturated carbocycles. The van der Waals surface area contributed by atoms with Gasteiger partial charge in [0.2, 0.25) is 3.79 Å². The van der Waals surface area contributed by atoms with Crippen LogP contribution < -0.4 is 5.32 Å². The fraction of sp³-hybridized carbons (Fsp3) is 0.167. The lowest BCUT2D eigenvalue weighted by Gasteiger charge is -2.14. The summed E-state index contributed by atoms with van der Waals surface area (Å²) in [5.41, 5.74) is -5.33. The maximum Gasteiger partial charge on any atom is 0.418 e. The van der Waals surface area contributed by atoms with Gasteiger partial charge in [0, 0.05) is 12.3 Å². The Morgan fingerprint density at radius 1 is 1.11 bits per heavy atom. The van der Waals surface area contributed by atoms with Crippen LogP contribution in [0.2, 0.25) is 5.02 Å². The van der Waals surface area contributed by atoms with Crippen LogP contribution in [0.5, 0.6) is 0 Å². The van der Waals surface area contributed by atoms with Crippen LogP contribution in [0.3, 0.4) is 0 Å². The average molecular weight is 481 g/mol. The number of alkyl halides is 6. The van der Waals surface area contributed by atoms with Crippen molar-refractivity contribution in [2.24, 2.45) is 0 Å². The van der Waals surface area contributed by atoms with Crippen molar-refractivity contribution in [1.82, 2.24) is 9.97 Å². The van der Waals surface area contributed by atoms with Crippen LogP contribution in [0.4, 0.5) is 36.1 Å². The summed E-state index contributed by atoms with van der Waals surface area (Å²) in [5.74, 6) is -0.732. The second-order valence-electron chi connectivity index (χ2n) is 4.88. The number of benzene rings is 1. The summed E-state index contributed by atoms with van der Waals surface area (Å²) in [7, 11) is 0. The first-order valence-corrected chi connectivity index (χ1v) is 8.14. The summed E-state index contributed by atoms with van der Waals surface area (Å²) < 4.78 is 37.1. The van der Waals surface area contributed by atoms with Crippen molar-refractivity contribution in [1.29, 1.82) is 0 Å². The van der Waals surface area contributed by atoms with Crippen LogP contribution in [0, 0.1) is 20.2 Å². The highest BCUT2D eigenvalue weighted by atomic mass is 35.6. The predicted molar refractivity (Wildman–Crippen MR) is 94.3 cm³/mol. The van der Waals surface area contributed by atoms with Gasteiger partial charge in [0.05, 0.1) is 15.4 Å². The monoisotopic (exact) mass is 479 g/mol. The molecule has 9 nitrogen and oxygen atoms in total. The first-order chi connectivity index (χ1) is 12.7. The van der Waals surface area contributed by atoms with E-state index in [1.807, 2.05) is 0 Å². The van der Waals surface area contributed by atoms with Gasteiger partial charge in [0.25, 0.3) is 0 Å². The Hall–Kier alpha value is -2.15. The molecule has 0 saturated heterocycles. The normalized spacial score (nSPS) is 12.0. The predicted octanol–water partition coefficient (Wildman–Crippen LogP) is 5.54. The van der Waals surface area contributed by atoms with Crippen molar-refractivity contribution in [2.45, 2.75) is 9.97 Å². The number of hydrogen-bond acceptors (Lipinski definition) is 7. The minimum atomic E-state index is -5.18. The Balaban J connectivity index is 2.75. The molecule has 1 N–H and O–H groups in total. The highest BCUT2D eigenvalue weighted by Crippen LogP contribution is 2.48.